The van der Waals surface area contributed by atoms with Gasteiger partial charge in [-0.3, -0.25) is 4.79 Å². The van der Waals surface area contributed by atoms with Crippen molar-refractivity contribution in [1.82, 2.24) is 5.32 Å². The SMILES string of the molecule is NS(=O)(=O)c1ccc(CCC(=O)N[C@@H](c2ccccc2)C2CC2)cc1. The highest BCUT2D eigenvalue weighted by Gasteiger charge is 2.33. The number of sulfonamides is 1. The second kappa shape index (κ2) is 7.37. The van der Waals surface area contributed by atoms with Crippen LogP contribution in [0.25, 0.3) is 0 Å². The molecule has 5 nitrogen and oxygen atoms in total. The summed E-state index contributed by atoms with van der Waals surface area (Å²) in [5.74, 6) is 0.539. The first-order chi connectivity index (χ1) is 11.9. The summed E-state index contributed by atoms with van der Waals surface area (Å²) in [5, 5.41) is 8.23. The maximum absolute atomic E-state index is 12.3. The third-order valence-corrected chi connectivity index (χ3v) is 5.39. The second-order valence-corrected chi connectivity index (χ2v) is 8.04. The monoisotopic (exact) mass is 358 g/mol. The number of rotatable bonds is 7. The van der Waals surface area contributed by atoms with Crippen molar-refractivity contribution in [2.75, 3.05) is 0 Å². The van der Waals surface area contributed by atoms with Crippen molar-refractivity contribution in [3.05, 3.63) is 65.7 Å². The van der Waals surface area contributed by atoms with E-state index in [0.717, 1.165) is 24.0 Å². The van der Waals surface area contributed by atoms with Crippen molar-refractivity contribution < 1.29 is 13.2 Å². The van der Waals surface area contributed by atoms with Gasteiger partial charge < -0.3 is 5.32 Å². The van der Waals surface area contributed by atoms with E-state index in [1.807, 2.05) is 18.2 Å². The summed E-state index contributed by atoms with van der Waals surface area (Å²) in [6.45, 7) is 0. The van der Waals surface area contributed by atoms with Crippen molar-refractivity contribution in [3.8, 4) is 0 Å². The molecule has 0 radical (unpaired) electrons. The van der Waals surface area contributed by atoms with Gasteiger partial charge in [0.2, 0.25) is 15.9 Å². The largest absolute Gasteiger partial charge is 0.349 e. The van der Waals surface area contributed by atoms with Crippen molar-refractivity contribution >= 4 is 15.9 Å². The highest BCUT2D eigenvalue weighted by atomic mass is 32.2. The van der Waals surface area contributed by atoms with Crippen molar-refractivity contribution in [2.45, 2.75) is 36.6 Å². The van der Waals surface area contributed by atoms with Crippen molar-refractivity contribution in [1.29, 1.82) is 0 Å². The van der Waals surface area contributed by atoms with Gasteiger partial charge in [-0.2, -0.15) is 0 Å². The average molecular weight is 358 g/mol. The summed E-state index contributed by atoms with van der Waals surface area (Å²) >= 11 is 0. The zero-order chi connectivity index (χ0) is 17.9. The number of carbonyl (C=O) groups excluding carboxylic acids is 1. The van der Waals surface area contributed by atoms with E-state index in [2.05, 4.69) is 17.4 Å². The molecule has 1 saturated carbocycles. The van der Waals surface area contributed by atoms with E-state index >= 15 is 0 Å². The fraction of sp³-hybridized carbons (Fsp3) is 0.316. The lowest BCUT2D eigenvalue weighted by molar-refractivity contribution is -0.122. The third kappa shape index (κ3) is 4.90. The van der Waals surface area contributed by atoms with Crippen LogP contribution in [0, 0.1) is 5.92 Å². The molecule has 0 bridgehead atoms. The molecule has 1 aliphatic rings. The van der Waals surface area contributed by atoms with E-state index in [4.69, 9.17) is 5.14 Å². The molecule has 6 heteroatoms. The fourth-order valence-electron chi connectivity index (χ4n) is 2.91. The number of benzene rings is 2. The molecule has 0 spiro atoms. The molecule has 0 aromatic heterocycles. The molecular weight excluding hydrogens is 336 g/mol. The van der Waals surface area contributed by atoms with Crippen LogP contribution in [-0.2, 0) is 21.2 Å². The van der Waals surface area contributed by atoms with Crippen molar-refractivity contribution in [2.24, 2.45) is 11.1 Å². The van der Waals surface area contributed by atoms with Gasteiger partial charge >= 0.3 is 0 Å². The lowest BCUT2D eigenvalue weighted by Gasteiger charge is -2.19. The number of nitrogens with one attached hydrogen (secondary N) is 1. The summed E-state index contributed by atoms with van der Waals surface area (Å²) in [4.78, 5) is 12.4. The molecule has 2 aromatic rings. The van der Waals surface area contributed by atoms with Gasteiger partial charge in [0.1, 0.15) is 0 Å². The normalized spacial score (nSPS) is 15.6. The number of primary sulfonamides is 1. The van der Waals surface area contributed by atoms with E-state index < -0.39 is 10.0 Å². The summed E-state index contributed by atoms with van der Waals surface area (Å²) in [6.07, 6.45) is 3.22. The lowest BCUT2D eigenvalue weighted by Crippen LogP contribution is -2.30. The van der Waals surface area contributed by atoms with Crippen molar-refractivity contribution in [3.63, 3.8) is 0 Å². The van der Waals surface area contributed by atoms with Gasteiger partial charge in [0.05, 0.1) is 10.9 Å². The van der Waals surface area contributed by atoms with Crippen LogP contribution in [0.5, 0.6) is 0 Å². The smallest absolute Gasteiger partial charge is 0.238 e. The standard InChI is InChI=1S/C19H22N2O3S/c20-25(23,24)17-11-6-14(7-12-17)8-13-18(22)21-19(16-9-10-16)15-4-2-1-3-5-15/h1-7,11-12,16,19H,8-10,13H2,(H,21,22)(H2,20,23,24)/t19-/m0/s1. The van der Waals surface area contributed by atoms with Gasteiger partial charge in [0, 0.05) is 6.42 Å². The van der Waals surface area contributed by atoms with E-state index in [1.165, 1.54) is 12.1 Å². The summed E-state index contributed by atoms with van der Waals surface area (Å²) < 4.78 is 22.5. The number of carbonyl (C=O) groups is 1. The van der Waals surface area contributed by atoms with E-state index in [9.17, 15) is 13.2 Å². The van der Waals surface area contributed by atoms with Gasteiger partial charge in [-0.25, -0.2) is 13.6 Å². The molecule has 3 N–H and O–H groups in total. The molecular formula is C19H22N2O3S. The first-order valence-electron chi connectivity index (χ1n) is 8.39. The molecule has 0 unspecified atom stereocenters. The van der Waals surface area contributed by atoms with Crippen LogP contribution >= 0.6 is 0 Å². The summed E-state index contributed by atoms with van der Waals surface area (Å²) in [6, 6.07) is 16.5. The predicted molar refractivity (Wildman–Crippen MR) is 96.2 cm³/mol. The van der Waals surface area contributed by atoms with Crippen LogP contribution in [0.4, 0.5) is 0 Å². The molecule has 2 aromatic carbocycles. The molecule has 0 heterocycles. The number of hydrogen-bond donors (Lipinski definition) is 2. The molecule has 25 heavy (non-hydrogen) atoms. The van der Waals surface area contributed by atoms with E-state index in [-0.39, 0.29) is 16.8 Å². The Balaban J connectivity index is 1.57. The maximum atomic E-state index is 12.3. The van der Waals surface area contributed by atoms with Crippen LogP contribution in [0.3, 0.4) is 0 Å². The summed E-state index contributed by atoms with van der Waals surface area (Å²) in [5.41, 5.74) is 2.06. The highest BCUT2D eigenvalue weighted by Crippen LogP contribution is 2.40. The predicted octanol–water partition coefficient (Wildman–Crippen LogP) is 2.53. The lowest BCUT2D eigenvalue weighted by atomic mass is 10.0. The Hall–Kier alpha value is -2.18. The molecule has 1 aliphatic carbocycles. The average Bonchev–Trinajstić information content (AvgIpc) is 3.43. The van der Waals surface area contributed by atoms with Gasteiger partial charge in [0.15, 0.2) is 0 Å². The minimum atomic E-state index is -3.68. The first-order valence-corrected chi connectivity index (χ1v) is 9.94. The van der Waals surface area contributed by atoms with Crippen LogP contribution in [0.15, 0.2) is 59.5 Å². The van der Waals surface area contributed by atoms with E-state index in [0.29, 0.717) is 18.8 Å². The Morgan fingerprint density at radius 1 is 1.08 bits per heavy atom. The molecule has 132 valence electrons. The Morgan fingerprint density at radius 2 is 1.72 bits per heavy atom. The zero-order valence-corrected chi connectivity index (χ0v) is 14.7. The fourth-order valence-corrected chi connectivity index (χ4v) is 3.43. The first kappa shape index (κ1) is 17.6. The topological polar surface area (TPSA) is 89.3 Å². The minimum Gasteiger partial charge on any atom is -0.349 e. The quantitative estimate of drug-likeness (QED) is 0.797. The molecule has 0 aliphatic heterocycles. The van der Waals surface area contributed by atoms with Gasteiger partial charge in [-0.1, -0.05) is 42.5 Å². The Bertz CT molecular complexity index is 829. The molecule has 1 amide bonds. The maximum Gasteiger partial charge on any atom is 0.238 e. The second-order valence-electron chi connectivity index (χ2n) is 6.48. The summed E-state index contributed by atoms with van der Waals surface area (Å²) in [7, 11) is -3.68. The van der Waals surface area contributed by atoms with Crippen LogP contribution in [0.2, 0.25) is 0 Å². The minimum absolute atomic E-state index is 0.0104. The highest BCUT2D eigenvalue weighted by molar-refractivity contribution is 7.89. The number of aryl methyl sites for hydroxylation is 1. The van der Waals surface area contributed by atoms with Crippen LogP contribution < -0.4 is 10.5 Å². The van der Waals surface area contributed by atoms with Crippen LogP contribution in [-0.4, -0.2) is 14.3 Å². The zero-order valence-electron chi connectivity index (χ0n) is 13.9. The number of hydrogen-bond acceptors (Lipinski definition) is 3. The molecule has 0 saturated heterocycles. The Morgan fingerprint density at radius 3 is 2.28 bits per heavy atom. The Labute approximate surface area is 148 Å². The van der Waals surface area contributed by atoms with Gasteiger partial charge in [-0.05, 0) is 48.4 Å². The molecule has 1 fully saturated rings. The number of nitrogens with two attached hydrogens (primary N) is 1. The van der Waals surface area contributed by atoms with E-state index in [1.54, 1.807) is 12.1 Å². The van der Waals surface area contributed by atoms with Gasteiger partial charge in [-0.15, -0.1) is 0 Å². The molecule has 3 rings (SSSR count). The molecule has 1 atom stereocenters. The number of amides is 1. The van der Waals surface area contributed by atoms with Crippen LogP contribution in [0.1, 0.15) is 36.4 Å². The third-order valence-electron chi connectivity index (χ3n) is 4.46. The van der Waals surface area contributed by atoms with Gasteiger partial charge in [0.25, 0.3) is 0 Å². The Kier molecular flexibility index (Phi) is 5.20.